The smallest absolute Gasteiger partial charge is 0.254 e. The normalized spacial score (nSPS) is 26.3. The topological polar surface area (TPSA) is 76.5 Å². The van der Waals surface area contributed by atoms with Crippen LogP contribution in [0.3, 0.4) is 0 Å². The van der Waals surface area contributed by atoms with E-state index in [9.17, 15) is 9.59 Å². The third kappa shape index (κ3) is 3.72. The van der Waals surface area contributed by atoms with Crippen molar-refractivity contribution in [1.29, 1.82) is 5.41 Å². The van der Waals surface area contributed by atoms with Crippen molar-refractivity contribution in [3.63, 3.8) is 0 Å². The standard InChI is InChI=1S/C24H34N4O2/c1-17(2)15-23(3)20(29)28(22(25)26-23)16-18-9-13-27(14-10-18)21(30)24(11-12-24)19-7-5-4-6-8-19/h4-8,17-18H,9-16H2,1-3H3,(H2,25,26). The lowest BCUT2D eigenvalue weighted by Crippen LogP contribution is -2.47. The summed E-state index contributed by atoms with van der Waals surface area (Å²) in [6, 6.07) is 10.2. The molecule has 0 radical (unpaired) electrons. The van der Waals surface area contributed by atoms with E-state index >= 15 is 0 Å². The Kier molecular flexibility index (Phi) is 5.37. The molecule has 1 atom stereocenters. The Bertz CT molecular complexity index is 825. The van der Waals surface area contributed by atoms with E-state index in [1.165, 1.54) is 0 Å². The van der Waals surface area contributed by atoms with Crippen molar-refractivity contribution in [1.82, 2.24) is 15.1 Å². The first-order chi connectivity index (χ1) is 14.2. The van der Waals surface area contributed by atoms with Gasteiger partial charge in [0.15, 0.2) is 5.96 Å². The molecule has 1 aromatic carbocycles. The number of carbonyl (C=O) groups excluding carboxylic acids is 2. The number of rotatable bonds is 6. The number of amides is 2. The van der Waals surface area contributed by atoms with Crippen molar-refractivity contribution in [2.75, 3.05) is 19.6 Å². The van der Waals surface area contributed by atoms with Gasteiger partial charge in [-0.25, -0.2) is 0 Å². The summed E-state index contributed by atoms with van der Waals surface area (Å²) < 4.78 is 0. The largest absolute Gasteiger partial charge is 0.342 e. The van der Waals surface area contributed by atoms with Gasteiger partial charge in [0.05, 0.1) is 5.41 Å². The van der Waals surface area contributed by atoms with Gasteiger partial charge in [-0.3, -0.25) is 19.9 Å². The van der Waals surface area contributed by atoms with Crippen molar-refractivity contribution in [3.05, 3.63) is 35.9 Å². The molecule has 2 saturated heterocycles. The number of nitrogens with one attached hydrogen (secondary N) is 2. The van der Waals surface area contributed by atoms with Crippen LogP contribution in [0.4, 0.5) is 0 Å². The number of hydrogen-bond acceptors (Lipinski definition) is 3. The molecule has 162 valence electrons. The molecule has 4 rings (SSSR count). The Morgan fingerprint density at radius 3 is 2.40 bits per heavy atom. The minimum atomic E-state index is -0.671. The number of guanidine groups is 1. The monoisotopic (exact) mass is 410 g/mol. The number of likely N-dealkylation sites (tertiary alicyclic amines) is 1. The lowest BCUT2D eigenvalue weighted by atomic mass is 9.89. The summed E-state index contributed by atoms with van der Waals surface area (Å²) in [5.74, 6) is 1.22. The fourth-order valence-electron chi connectivity index (χ4n) is 5.30. The van der Waals surface area contributed by atoms with Gasteiger partial charge < -0.3 is 10.2 Å². The van der Waals surface area contributed by atoms with E-state index < -0.39 is 5.54 Å². The van der Waals surface area contributed by atoms with Crippen LogP contribution in [-0.2, 0) is 15.0 Å². The van der Waals surface area contributed by atoms with Gasteiger partial charge in [0.25, 0.3) is 5.91 Å². The molecular formula is C24H34N4O2. The first kappa shape index (κ1) is 20.9. The van der Waals surface area contributed by atoms with Crippen LogP contribution in [0.15, 0.2) is 30.3 Å². The van der Waals surface area contributed by atoms with Gasteiger partial charge in [0.2, 0.25) is 5.91 Å². The average molecular weight is 411 g/mol. The highest BCUT2D eigenvalue weighted by atomic mass is 16.2. The van der Waals surface area contributed by atoms with Crippen molar-refractivity contribution >= 4 is 17.8 Å². The quantitative estimate of drug-likeness (QED) is 0.756. The van der Waals surface area contributed by atoms with Crippen LogP contribution in [0.2, 0.25) is 0 Å². The number of nitrogens with zero attached hydrogens (tertiary/aromatic N) is 2. The van der Waals surface area contributed by atoms with Gasteiger partial charge in [0, 0.05) is 19.6 Å². The number of hydrogen-bond donors (Lipinski definition) is 2. The van der Waals surface area contributed by atoms with Crippen LogP contribution >= 0.6 is 0 Å². The Balaban J connectivity index is 1.34. The summed E-state index contributed by atoms with van der Waals surface area (Å²) in [5, 5.41) is 11.4. The summed E-state index contributed by atoms with van der Waals surface area (Å²) in [7, 11) is 0. The summed E-state index contributed by atoms with van der Waals surface area (Å²) in [5.41, 5.74) is 0.170. The predicted octanol–water partition coefficient (Wildman–Crippen LogP) is 3.13. The molecule has 30 heavy (non-hydrogen) atoms. The molecule has 0 bridgehead atoms. The van der Waals surface area contributed by atoms with Gasteiger partial charge >= 0.3 is 0 Å². The second-order valence-corrected chi connectivity index (χ2v) is 10.0. The highest BCUT2D eigenvalue weighted by Gasteiger charge is 2.53. The third-order valence-corrected chi connectivity index (χ3v) is 7.03. The van der Waals surface area contributed by atoms with E-state index in [4.69, 9.17) is 5.41 Å². The van der Waals surface area contributed by atoms with Crippen LogP contribution < -0.4 is 5.32 Å². The zero-order valence-corrected chi connectivity index (χ0v) is 18.4. The molecule has 1 saturated carbocycles. The molecule has 3 fully saturated rings. The molecule has 2 amide bonds. The SMILES string of the molecule is CC(C)CC1(C)NC(=N)N(CC2CCN(C(=O)C3(c4ccccc4)CC3)CC2)C1=O. The second-order valence-electron chi connectivity index (χ2n) is 10.0. The number of carbonyl (C=O) groups is 2. The summed E-state index contributed by atoms with van der Waals surface area (Å²) >= 11 is 0. The molecule has 3 aliphatic rings. The zero-order chi connectivity index (χ0) is 21.5. The highest BCUT2D eigenvalue weighted by molar-refractivity contribution is 6.07. The summed E-state index contributed by atoms with van der Waals surface area (Å²) in [6.07, 6.45) is 4.37. The maximum Gasteiger partial charge on any atom is 0.254 e. The van der Waals surface area contributed by atoms with Gasteiger partial charge in [-0.1, -0.05) is 44.2 Å². The lowest BCUT2D eigenvalue weighted by molar-refractivity contribution is -0.136. The molecule has 2 heterocycles. The van der Waals surface area contributed by atoms with E-state index in [1.807, 2.05) is 30.0 Å². The van der Waals surface area contributed by atoms with Crippen molar-refractivity contribution in [2.24, 2.45) is 11.8 Å². The van der Waals surface area contributed by atoms with E-state index in [1.54, 1.807) is 4.90 Å². The molecule has 2 N–H and O–H groups in total. The van der Waals surface area contributed by atoms with Crippen molar-refractivity contribution in [3.8, 4) is 0 Å². The van der Waals surface area contributed by atoms with Crippen LogP contribution in [0.5, 0.6) is 0 Å². The van der Waals surface area contributed by atoms with Gasteiger partial charge in [-0.15, -0.1) is 0 Å². The van der Waals surface area contributed by atoms with E-state index in [0.29, 0.717) is 18.4 Å². The second kappa shape index (κ2) is 7.71. The molecule has 1 unspecified atom stereocenters. The maximum absolute atomic E-state index is 13.2. The van der Waals surface area contributed by atoms with Crippen molar-refractivity contribution < 1.29 is 9.59 Å². The molecule has 0 spiro atoms. The summed E-state index contributed by atoms with van der Waals surface area (Å²) in [4.78, 5) is 29.9. The maximum atomic E-state index is 13.2. The zero-order valence-electron chi connectivity index (χ0n) is 18.4. The van der Waals surface area contributed by atoms with Crippen LogP contribution in [0, 0.1) is 17.2 Å². The molecule has 1 aliphatic carbocycles. The van der Waals surface area contributed by atoms with Gasteiger partial charge in [-0.05, 0) is 56.4 Å². The third-order valence-electron chi connectivity index (χ3n) is 7.03. The molecular weight excluding hydrogens is 376 g/mol. The fraction of sp³-hybridized carbons (Fsp3) is 0.625. The van der Waals surface area contributed by atoms with Crippen LogP contribution in [-0.4, -0.2) is 52.7 Å². The molecule has 6 heteroatoms. The highest BCUT2D eigenvalue weighted by Crippen LogP contribution is 2.50. The fourth-order valence-corrected chi connectivity index (χ4v) is 5.30. The molecule has 6 nitrogen and oxygen atoms in total. The Morgan fingerprint density at radius 2 is 1.83 bits per heavy atom. The van der Waals surface area contributed by atoms with E-state index in [2.05, 4.69) is 31.3 Å². The molecule has 0 aromatic heterocycles. The minimum absolute atomic E-state index is 0.0146. The van der Waals surface area contributed by atoms with Crippen molar-refractivity contribution in [2.45, 2.75) is 63.8 Å². The lowest BCUT2D eigenvalue weighted by Gasteiger charge is -2.36. The van der Waals surface area contributed by atoms with Crippen LogP contribution in [0.25, 0.3) is 0 Å². The number of benzene rings is 1. The predicted molar refractivity (Wildman–Crippen MR) is 117 cm³/mol. The average Bonchev–Trinajstić information content (AvgIpc) is 3.50. The van der Waals surface area contributed by atoms with Gasteiger partial charge in [-0.2, -0.15) is 0 Å². The first-order valence-electron chi connectivity index (χ1n) is 11.3. The first-order valence-corrected chi connectivity index (χ1v) is 11.3. The van der Waals surface area contributed by atoms with Gasteiger partial charge in [0.1, 0.15) is 5.54 Å². The van der Waals surface area contributed by atoms with E-state index in [0.717, 1.165) is 50.8 Å². The van der Waals surface area contributed by atoms with Crippen LogP contribution in [0.1, 0.15) is 58.4 Å². The Morgan fingerprint density at radius 1 is 1.20 bits per heavy atom. The Hall–Kier alpha value is -2.37. The Labute approximate surface area is 179 Å². The number of piperidine rings is 1. The minimum Gasteiger partial charge on any atom is -0.342 e. The van der Waals surface area contributed by atoms with E-state index in [-0.39, 0.29) is 23.2 Å². The molecule has 1 aromatic rings. The summed E-state index contributed by atoms with van der Waals surface area (Å²) in [6.45, 7) is 8.16. The molecule has 2 aliphatic heterocycles.